The third-order valence-corrected chi connectivity index (χ3v) is 5.98. The molecule has 1 saturated carbocycles. The highest BCUT2D eigenvalue weighted by Crippen LogP contribution is 2.47. The van der Waals surface area contributed by atoms with Crippen molar-refractivity contribution in [1.29, 1.82) is 0 Å². The number of carbonyl (C=O) groups excluding carboxylic acids is 1. The summed E-state index contributed by atoms with van der Waals surface area (Å²) >= 11 is 2.18. The van der Waals surface area contributed by atoms with Gasteiger partial charge < -0.3 is 9.47 Å². The van der Waals surface area contributed by atoms with E-state index in [2.05, 4.69) is 78.2 Å². The maximum absolute atomic E-state index is 12.4. The maximum Gasteiger partial charge on any atom is 0.243 e. The number of nitrogens with one attached hydrogen (secondary N) is 1. The Morgan fingerprint density at radius 1 is 1.17 bits per heavy atom. The molecule has 0 saturated heterocycles. The molecule has 1 amide bonds. The van der Waals surface area contributed by atoms with Gasteiger partial charge in [0.2, 0.25) is 5.91 Å². The summed E-state index contributed by atoms with van der Waals surface area (Å²) in [5.41, 5.74) is 6.16. The lowest BCUT2D eigenvalue weighted by Gasteiger charge is -2.19. The highest BCUT2D eigenvalue weighted by atomic mass is 127. The van der Waals surface area contributed by atoms with Crippen molar-refractivity contribution in [1.82, 2.24) is 5.43 Å². The maximum atomic E-state index is 12.4. The second-order valence-corrected chi connectivity index (χ2v) is 9.46. The van der Waals surface area contributed by atoms with Crippen molar-refractivity contribution in [3.8, 4) is 11.5 Å². The molecule has 0 heterocycles. The summed E-state index contributed by atoms with van der Waals surface area (Å²) in [5.74, 6) is 1.54. The fourth-order valence-corrected chi connectivity index (χ4v) is 4.19. The summed E-state index contributed by atoms with van der Waals surface area (Å²) in [4.78, 5) is 12.4. The molecule has 1 fully saturated rings. The average molecular weight is 506 g/mol. The van der Waals surface area contributed by atoms with Crippen LogP contribution in [0.2, 0.25) is 0 Å². The van der Waals surface area contributed by atoms with E-state index in [9.17, 15) is 4.79 Å². The van der Waals surface area contributed by atoms with Crippen LogP contribution in [0.3, 0.4) is 0 Å². The first-order valence-corrected chi connectivity index (χ1v) is 10.7. The number of amides is 1. The monoisotopic (exact) mass is 506 g/mol. The minimum absolute atomic E-state index is 0.0156. The summed E-state index contributed by atoms with van der Waals surface area (Å²) in [6.07, 6.45) is 2.49. The number of carbonyl (C=O) groups is 1. The van der Waals surface area contributed by atoms with Crippen LogP contribution in [0.15, 0.2) is 41.5 Å². The van der Waals surface area contributed by atoms with E-state index in [1.165, 1.54) is 11.1 Å². The highest BCUT2D eigenvalue weighted by molar-refractivity contribution is 14.1. The van der Waals surface area contributed by atoms with Gasteiger partial charge in [-0.05, 0) is 69.2 Å². The molecule has 0 aromatic heterocycles. The van der Waals surface area contributed by atoms with E-state index in [4.69, 9.17) is 9.47 Å². The van der Waals surface area contributed by atoms with Crippen LogP contribution in [0.25, 0.3) is 0 Å². The van der Waals surface area contributed by atoms with Crippen molar-refractivity contribution >= 4 is 34.7 Å². The molecule has 5 nitrogen and oxygen atoms in total. The first kappa shape index (κ1) is 21.6. The van der Waals surface area contributed by atoms with Crippen LogP contribution in [0.4, 0.5) is 0 Å². The van der Waals surface area contributed by atoms with Gasteiger partial charge in [-0.3, -0.25) is 4.79 Å². The Hall–Kier alpha value is -2.09. The summed E-state index contributed by atoms with van der Waals surface area (Å²) < 4.78 is 11.6. The van der Waals surface area contributed by atoms with Crippen LogP contribution in [0, 0.1) is 9.49 Å². The van der Waals surface area contributed by atoms with Gasteiger partial charge in [-0.1, -0.05) is 45.0 Å². The number of hydrogen-bond acceptors (Lipinski definition) is 4. The quantitative estimate of drug-likeness (QED) is 0.346. The van der Waals surface area contributed by atoms with E-state index < -0.39 is 0 Å². The largest absolute Gasteiger partial charge is 0.493 e. The van der Waals surface area contributed by atoms with E-state index in [0.717, 1.165) is 15.6 Å². The Bertz CT molecular complexity index is 917. The van der Waals surface area contributed by atoms with E-state index in [0.29, 0.717) is 11.5 Å². The third-order valence-electron chi connectivity index (χ3n) is 5.18. The van der Waals surface area contributed by atoms with Crippen LogP contribution in [0.1, 0.15) is 49.8 Å². The normalized spacial score (nSPS) is 18.6. The van der Waals surface area contributed by atoms with E-state index in [1.54, 1.807) is 20.4 Å². The zero-order valence-electron chi connectivity index (χ0n) is 17.5. The second-order valence-electron chi connectivity index (χ2n) is 8.29. The van der Waals surface area contributed by atoms with Gasteiger partial charge in [-0.15, -0.1) is 0 Å². The van der Waals surface area contributed by atoms with Crippen LogP contribution in [-0.2, 0) is 10.2 Å². The standard InChI is InChI=1S/C23H27IN2O3/c1-23(2,3)16-8-6-15(7-9-16)17-12-18(17)22(27)26-25-13-14-10-19(24)21(29-5)20(11-14)28-4/h6-11,13,17-18H,12H2,1-5H3,(H,26,27)/b25-13-. The van der Waals surface area contributed by atoms with E-state index >= 15 is 0 Å². The van der Waals surface area contributed by atoms with Gasteiger partial charge in [-0.25, -0.2) is 5.43 Å². The number of ether oxygens (including phenoxy) is 2. The van der Waals surface area contributed by atoms with Crippen molar-refractivity contribution in [2.24, 2.45) is 11.0 Å². The summed E-state index contributed by atoms with van der Waals surface area (Å²) in [6, 6.07) is 12.4. The Labute approximate surface area is 186 Å². The molecule has 1 N–H and O–H groups in total. The molecule has 2 atom stereocenters. The first-order valence-electron chi connectivity index (χ1n) is 9.59. The Balaban J connectivity index is 1.59. The molecule has 2 aromatic carbocycles. The zero-order chi connectivity index (χ0) is 21.2. The third kappa shape index (κ3) is 5.10. The van der Waals surface area contributed by atoms with Gasteiger partial charge >= 0.3 is 0 Å². The number of benzene rings is 2. The minimum atomic E-state index is -0.0404. The zero-order valence-corrected chi connectivity index (χ0v) is 19.6. The Morgan fingerprint density at radius 2 is 1.86 bits per heavy atom. The smallest absolute Gasteiger partial charge is 0.243 e. The lowest BCUT2D eigenvalue weighted by molar-refractivity contribution is -0.122. The van der Waals surface area contributed by atoms with Crippen LogP contribution >= 0.6 is 22.6 Å². The van der Waals surface area contributed by atoms with Crippen LogP contribution in [-0.4, -0.2) is 26.3 Å². The van der Waals surface area contributed by atoms with E-state index in [-0.39, 0.29) is 23.2 Å². The van der Waals surface area contributed by atoms with E-state index in [1.807, 2.05) is 12.1 Å². The molecule has 154 valence electrons. The van der Waals surface area contributed by atoms with Crippen molar-refractivity contribution < 1.29 is 14.3 Å². The predicted octanol–water partition coefficient (Wildman–Crippen LogP) is 4.86. The fourth-order valence-electron chi connectivity index (χ4n) is 3.35. The molecule has 3 rings (SSSR count). The van der Waals surface area contributed by atoms with Gasteiger partial charge in [0, 0.05) is 5.92 Å². The fraction of sp³-hybridized carbons (Fsp3) is 0.391. The van der Waals surface area contributed by atoms with Gasteiger partial charge in [0.05, 0.1) is 24.0 Å². The predicted molar refractivity (Wildman–Crippen MR) is 124 cm³/mol. The Morgan fingerprint density at radius 3 is 2.45 bits per heavy atom. The molecule has 1 aliphatic rings. The molecule has 0 bridgehead atoms. The van der Waals surface area contributed by atoms with Gasteiger partial charge in [-0.2, -0.15) is 5.10 Å². The highest BCUT2D eigenvalue weighted by Gasteiger charge is 2.44. The molecule has 0 radical (unpaired) electrons. The number of hydrazone groups is 1. The second kappa shape index (κ2) is 8.73. The lowest BCUT2D eigenvalue weighted by atomic mass is 9.86. The molecule has 1 aliphatic carbocycles. The summed E-state index contributed by atoms with van der Waals surface area (Å²) in [5, 5.41) is 4.13. The molecule has 0 aliphatic heterocycles. The van der Waals surface area contributed by atoms with Gasteiger partial charge in [0.15, 0.2) is 11.5 Å². The van der Waals surface area contributed by atoms with Gasteiger partial charge in [0.1, 0.15) is 0 Å². The average Bonchev–Trinajstić information content (AvgIpc) is 3.48. The van der Waals surface area contributed by atoms with Gasteiger partial charge in [0.25, 0.3) is 0 Å². The lowest BCUT2D eigenvalue weighted by Crippen LogP contribution is -2.20. The van der Waals surface area contributed by atoms with Crippen LogP contribution < -0.4 is 14.9 Å². The SMILES string of the molecule is COc1cc(/C=N\NC(=O)C2CC2c2ccc(C(C)(C)C)cc2)cc(I)c1OC. The van der Waals surface area contributed by atoms with Crippen LogP contribution in [0.5, 0.6) is 11.5 Å². The van der Waals surface area contributed by atoms with Crippen molar-refractivity contribution in [2.45, 2.75) is 38.5 Å². The number of hydrogen-bond donors (Lipinski definition) is 1. The first-order chi connectivity index (χ1) is 13.7. The Kier molecular flexibility index (Phi) is 6.51. The topological polar surface area (TPSA) is 59.9 Å². The molecule has 0 spiro atoms. The molecular formula is C23H27IN2O3. The molecule has 6 heteroatoms. The minimum Gasteiger partial charge on any atom is -0.493 e. The molecule has 2 unspecified atom stereocenters. The molecular weight excluding hydrogens is 479 g/mol. The summed E-state index contributed by atoms with van der Waals surface area (Å²) in [6.45, 7) is 6.60. The number of rotatable bonds is 6. The molecule has 29 heavy (non-hydrogen) atoms. The van der Waals surface area contributed by atoms with Crippen molar-refractivity contribution in [2.75, 3.05) is 14.2 Å². The van der Waals surface area contributed by atoms with Crippen molar-refractivity contribution in [3.63, 3.8) is 0 Å². The summed E-state index contributed by atoms with van der Waals surface area (Å²) in [7, 11) is 3.20. The van der Waals surface area contributed by atoms with Crippen molar-refractivity contribution in [3.05, 3.63) is 56.7 Å². The number of nitrogens with zero attached hydrogens (tertiary/aromatic N) is 1. The number of methoxy groups -OCH3 is 2. The molecule has 2 aromatic rings. The number of halogens is 1.